The molecule has 0 spiro atoms. The van der Waals surface area contributed by atoms with E-state index in [0.29, 0.717) is 34.4 Å². The highest BCUT2D eigenvalue weighted by Crippen LogP contribution is 2.30. The van der Waals surface area contributed by atoms with Crippen molar-refractivity contribution in [3.63, 3.8) is 0 Å². The molecule has 3 aromatic rings. The van der Waals surface area contributed by atoms with E-state index in [2.05, 4.69) is 15.8 Å². The summed E-state index contributed by atoms with van der Waals surface area (Å²) in [5, 5.41) is 7.59. The minimum absolute atomic E-state index is 0.242. The molecule has 0 radical (unpaired) electrons. The van der Waals surface area contributed by atoms with E-state index in [9.17, 15) is 9.59 Å². The number of benzene rings is 3. The third-order valence-corrected chi connectivity index (χ3v) is 6.07. The SMILES string of the molecule is CCCOc1c(/C=N\NC(=O)[C@H](Cc2ccccc2)NC(=O)[C@@H](C)Oc2ccc(Cl)cc2Cl)cccc1OC. The largest absolute Gasteiger partial charge is 0.493 e. The first kappa shape index (κ1) is 29.8. The van der Waals surface area contributed by atoms with Crippen LogP contribution in [0.3, 0.4) is 0 Å². The first-order chi connectivity index (χ1) is 18.8. The number of carbonyl (C=O) groups excluding carboxylic acids is 2. The van der Waals surface area contributed by atoms with Crippen molar-refractivity contribution >= 4 is 41.2 Å². The molecule has 0 fully saturated rings. The van der Waals surface area contributed by atoms with Crippen LogP contribution in [-0.4, -0.2) is 43.9 Å². The molecule has 0 aromatic heterocycles. The van der Waals surface area contributed by atoms with Crippen LogP contribution in [-0.2, 0) is 16.0 Å². The van der Waals surface area contributed by atoms with Crippen LogP contribution in [0.4, 0.5) is 0 Å². The zero-order valence-corrected chi connectivity index (χ0v) is 23.5. The summed E-state index contributed by atoms with van der Waals surface area (Å²) in [5.41, 5.74) is 4.02. The Bertz CT molecular complexity index is 1290. The second kappa shape index (κ2) is 15.0. The van der Waals surface area contributed by atoms with E-state index >= 15 is 0 Å². The predicted molar refractivity (Wildman–Crippen MR) is 153 cm³/mol. The average Bonchev–Trinajstić information content (AvgIpc) is 2.93. The van der Waals surface area contributed by atoms with Crippen LogP contribution in [0.25, 0.3) is 0 Å². The molecule has 2 N–H and O–H groups in total. The summed E-state index contributed by atoms with van der Waals surface area (Å²) in [5.74, 6) is 0.392. The third kappa shape index (κ3) is 8.90. The molecule has 0 aliphatic carbocycles. The van der Waals surface area contributed by atoms with Crippen molar-refractivity contribution in [2.75, 3.05) is 13.7 Å². The smallest absolute Gasteiger partial charge is 0.262 e. The van der Waals surface area contributed by atoms with Gasteiger partial charge in [0.05, 0.1) is 25.0 Å². The second-order valence-corrected chi connectivity index (χ2v) is 9.39. The van der Waals surface area contributed by atoms with E-state index in [1.54, 1.807) is 44.4 Å². The van der Waals surface area contributed by atoms with E-state index in [-0.39, 0.29) is 11.4 Å². The zero-order valence-electron chi connectivity index (χ0n) is 21.9. The number of nitrogens with zero attached hydrogens (tertiary/aromatic N) is 1. The van der Waals surface area contributed by atoms with Gasteiger partial charge in [0.25, 0.3) is 11.8 Å². The highest BCUT2D eigenvalue weighted by molar-refractivity contribution is 6.35. The lowest BCUT2D eigenvalue weighted by molar-refractivity contribution is -0.132. The molecule has 0 bridgehead atoms. The Labute approximate surface area is 238 Å². The molecule has 10 heteroatoms. The zero-order chi connectivity index (χ0) is 28.2. The standard InChI is InChI=1S/C29H31Cl2N3O5/c1-4-15-38-27-21(11-8-12-26(27)37-3)18-32-34-29(36)24(16-20-9-6-5-7-10-20)33-28(35)19(2)39-25-14-13-22(30)17-23(25)31/h5-14,17-19,24H,4,15-16H2,1-3H3,(H,33,35)(H,34,36)/b32-18-/t19-,24+/m1/s1. The number of rotatable bonds is 13. The number of amides is 2. The number of para-hydroxylation sites is 1. The second-order valence-electron chi connectivity index (χ2n) is 8.55. The number of halogens is 2. The minimum Gasteiger partial charge on any atom is -0.493 e. The highest BCUT2D eigenvalue weighted by Gasteiger charge is 2.25. The van der Waals surface area contributed by atoms with Crippen LogP contribution in [0.2, 0.25) is 10.0 Å². The Balaban J connectivity index is 1.73. The Morgan fingerprint density at radius 3 is 2.46 bits per heavy atom. The van der Waals surface area contributed by atoms with Gasteiger partial charge in [-0.2, -0.15) is 5.10 Å². The molecule has 2 atom stereocenters. The van der Waals surface area contributed by atoms with Gasteiger partial charge in [-0.25, -0.2) is 5.43 Å². The van der Waals surface area contributed by atoms with Crippen molar-refractivity contribution in [3.05, 3.63) is 87.9 Å². The third-order valence-electron chi connectivity index (χ3n) is 5.54. The van der Waals surface area contributed by atoms with Gasteiger partial charge in [0, 0.05) is 17.0 Å². The van der Waals surface area contributed by atoms with Gasteiger partial charge in [-0.3, -0.25) is 9.59 Å². The maximum atomic E-state index is 13.2. The van der Waals surface area contributed by atoms with Gasteiger partial charge in [0.2, 0.25) is 0 Å². The first-order valence-electron chi connectivity index (χ1n) is 12.4. The molecule has 3 rings (SSSR count). The predicted octanol–water partition coefficient (Wildman–Crippen LogP) is 5.44. The normalized spacial score (nSPS) is 12.4. The minimum atomic E-state index is -0.937. The van der Waals surface area contributed by atoms with Gasteiger partial charge in [-0.15, -0.1) is 0 Å². The fourth-order valence-electron chi connectivity index (χ4n) is 3.56. The van der Waals surface area contributed by atoms with Crippen molar-refractivity contribution in [2.45, 2.75) is 38.8 Å². The number of nitrogens with one attached hydrogen (secondary N) is 2. The molecular weight excluding hydrogens is 541 g/mol. The maximum absolute atomic E-state index is 13.2. The summed E-state index contributed by atoms with van der Waals surface area (Å²) in [7, 11) is 1.55. The van der Waals surface area contributed by atoms with E-state index in [4.69, 9.17) is 37.4 Å². The van der Waals surface area contributed by atoms with E-state index in [0.717, 1.165) is 12.0 Å². The number of hydrogen-bond acceptors (Lipinski definition) is 6. The number of methoxy groups -OCH3 is 1. The summed E-state index contributed by atoms with van der Waals surface area (Å²) >= 11 is 12.1. The lowest BCUT2D eigenvalue weighted by atomic mass is 10.1. The number of carbonyl (C=O) groups is 2. The summed E-state index contributed by atoms with van der Waals surface area (Å²) in [4.78, 5) is 26.1. The molecule has 0 heterocycles. The highest BCUT2D eigenvalue weighted by atomic mass is 35.5. The van der Waals surface area contributed by atoms with Crippen LogP contribution in [0.1, 0.15) is 31.4 Å². The van der Waals surface area contributed by atoms with Crippen molar-refractivity contribution < 1.29 is 23.8 Å². The molecule has 0 unspecified atom stereocenters. The Kier molecular flexibility index (Phi) is 11.5. The van der Waals surface area contributed by atoms with Gasteiger partial charge >= 0.3 is 0 Å². The summed E-state index contributed by atoms with van der Waals surface area (Å²) in [6.45, 7) is 4.07. The van der Waals surface area contributed by atoms with Crippen LogP contribution in [0.5, 0.6) is 17.2 Å². The molecular formula is C29H31Cl2N3O5. The molecule has 0 aliphatic rings. The van der Waals surface area contributed by atoms with Crippen LogP contribution in [0.15, 0.2) is 71.8 Å². The summed E-state index contributed by atoms with van der Waals surface area (Å²) < 4.78 is 16.9. The fraction of sp³-hybridized carbons (Fsp3) is 0.276. The van der Waals surface area contributed by atoms with Gasteiger partial charge in [0.1, 0.15) is 11.8 Å². The van der Waals surface area contributed by atoms with Gasteiger partial charge < -0.3 is 19.5 Å². The Morgan fingerprint density at radius 2 is 1.77 bits per heavy atom. The van der Waals surface area contributed by atoms with Gasteiger partial charge in [-0.05, 0) is 49.2 Å². The summed E-state index contributed by atoms with van der Waals surface area (Å²) in [6.07, 6.45) is 1.60. The quantitative estimate of drug-likeness (QED) is 0.210. The molecule has 0 saturated carbocycles. The van der Waals surface area contributed by atoms with Crippen LogP contribution < -0.4 is 25.0 Å². The molecule has 39 heavy (non-hydrogen) atoms. The molecule has 8 nitrogen and oxygen atoms in total. The van der Waals surface area contributed by atoms with Crippen LogP contribution in [0, 0.1) is 0 Å². The Hall–Kier alpha value is -3.75. The van der Waals surface area contributed by atoms with Gasteiger partial charge in [0.15, 0.2) is 17.6 Å². The topological polar surface area (TPSA) is 98.2 Å². The molecule has 206 valence electrons. The molecule has 2 amide bonds. The van der Waals surface area contributed by atoms with Crippen molar-refractivity contribution in [2.24, 2.45) is 5.10 Å². The molecule has 3 aromatic carbocycles. The summed E-state index contributed by atoms with van der Waals surface area (Å²) in [6, 6.07) is 18.5. The monoisotopic (exact) mass is 571 g/mol. The van der Waals surface area contributed by atoms with E-state index < -0.39 is 24.0 Å². The lowest BCUT2D eigenvalue weighted by Crippen LogP contribution is -2.50. The fourth-order valence-corrected chi connectivity index (χ4v) is 4.01. The van der Waals surface area contributed by atoms with Gasteiger partial charge in [-0.1, -0.05) is 66.5 Å². The van der Waals surface area contributed by atoms with Crippen molar-refractivity contribution in [1.82, 2.24) is 10.7 Å². The first-order valence-corrected chi connectivity index (χ1v) is 13.2. The number of ether oxygens (including phenoxy) is 3. The van der Waals surface area contributed by atoms with Crippen molar-refractivity contribution in [3.8, 4) is 17.2 Å². The van der Waals surface area contributed by atoms with E-state index in [1.165, 1.54) is 12.3 Å². The van der Waals surface area contributed by atoms with Crippen LogP contribution >= 0.6 is 23.2 Å². The maximum Gasteiger partial charge on any atom is 0.262 e. The molecule has 0 aliphatic heterocycles. The average molecular weight is 572 g/mol. The lowest BCUT2D eigenvalue weighted by Gasteiger charge is -2.21. The molecule has 0 saturated heterocycles. The Morgan fingerprint density at radius 1 is 1.00 bits per heavy atom. The number of hydrogen-bond donors (Lipinski definition) is 2. The van der Waals surface area contributed by atoms with Crippen molar-refractivity contribution in [1.29, 1.82) is 0 Å². The number of hydrazone groups is 1. The van der Waals surface area contributed by atoms with E-state index in [1.807, 2.05) is 37.3 Å².